The molecule has 1 atom stereocenters. The lowest BCUT2D eigenvalue weighted by Gasteiger charge is -2.28. The molecular formula is C17H14Cl5N3O2S. The van der Waals surface area contributed by atoms with Gasteiger partial charge < -0.3 is 20.7 Å². The third-order valence-electron chi connectivity index (χ3n) is 3.39. The van der Waals surface area contributed by atoms with Gasteiger partial charge in [-0.3, -0.25) is 4.79 Å². The number of rotatable bonds is 5. The largest absolute Gasteiger partial charge is 0.497 e. The van der Waals surface area contributed by atoms with Crippen molar-refractivity contribution in [3.05, 3.63) is 58.1 Å². The van der Waals surface area contributed by atoms with Gasteiger partial charge in [0.2, 0.25) is 3.79 Å². The molecule has 0 spiro atoms. The Balaban J connectivity index is 2.12. The topological polar surface area (TPSA) is 62.4 Å². The van der Waals surface area contributed by atoms with Crippen LogP contribution in [0, 0.1) is 0 Å². The van der Waals surface area contributed by atoms with E-state index >= 15 is 0 Å². The number of ether oxygens (including phenoxy) is 1. The first kappa shape index (κ1) is 23.1. The fraction of sp³-hybridized carbons (Fsp3) is 0.176. The van der Waals surface area contributed by atoms with Crippen LogP contribution in [0.4, 0.5) is 5.69 Å². The second kappa shape index (κ2) is 10.1. The summed E-state index contributed by atoms with van der Waals surface area (Å²) in [4.78, 5) is 12.5. The summed E-state index contributed by atoms with van der Waals surface area (Å²) in [5.41, 5.74) is 0.769. The minimum Gasteiger partial charge on any atom is -0.497 e. The average molecular weight is 502 g/mol. The van der Waals surface area contributed by atoms with E-state index in [1.54, 1.807) is 42.5 Å². The second-order valence-electron chi connectivity index (χ2n) is 5.40. The van der Waals surface area contributed by atoms with Crippen LogP contribution >= 0.6 is 70.2 Å². The fourth-order valence-corrected chi connectivity index (χ4v) is 2.95. The number of carbonyl (C=O) groups is 1. The van der Waals surface area contributed by atoms with Crippen molar-refractivity contribution in [2.45, 2.75) is 9.96 Å². The highest BCUT2D eigenvalue weighted by atomic mass is 35.6. The smallest absolute Gasteiger partial charge is 0.253 e. The zero-order valence-corrected chi connectivity index (χ0v) is 18.8. The Morgan fingerprint density at radius 3 is 2.46 bits per heavy atom. The third kappa shape index (κ3) is 6.72. The molecule has 5 nitrogen and oxygen atoms in total. The number of thiocarbonyl (C=S) groups is 1. The molecule has 0 heterocycles. The number of methoxy groups -OCH3 is 1. The first-order valence-electron chi connectivity index (χ1n) is 7.64. The van der Waals surface area contributed by atoms with Crippen LogP contribution in [-0.2, 0) is 0 Å². The van der Waals surface area contributed by atoms with E-state index in [1.165, 1.54) is 7.11 Å². The maximum absolute atomic E-state index is 12.5. The van der Waals surface area contributed by atoms with E-state index in [4.69, 9.17) is 75.0 Å². The Labute approximate surface area is 192 Å². The van der Waals surface area contributed by atoms with Gasteiger partial charge in [0.15, 0.2) is 5.11 Å². The maximum atomic E-state index is 12.5. The summed E-state index contributed by atoms with van der Waals surface area (Å²) in [6, 6.07) is 11.3. The van der Waals surface area contributed by atoms with Crippen LogP contribution < -0.4 is 20.7 Å². The highest BCUT2D eigenvalue weighted by Crippen LogP contribution is 2.30. The van der Waals surface area contributed by atoms with Gasteiger partial charge in [0.25, 0.3) is 5.91 Å². The summed E-state index contributed by atoms with van der Waals surface area (Å²) in [6.45, 7) is 0. The quantitative estimate of drug-likeness (QED) is 0.290. The summed E-state index contributed by atoms with van der Waals surface area (Å²) in [5, 5.41) is 9.07. The summed E-state index contributed by atoms with van der Waals surface area (Å²) >= 11 is 35.2. The van der Waals surface area contributed by atoms with E-state index in [1.807, 2.05) is 0 Å². The molecule has 0 aliphatic rings. The number of hydrogen-bond donors (Lipinski definition) is 3. The molecule has 2 rings (SSSR count). The van der Waals surface area contributed by atoms with Crippen molar-refractivity contribution >= 4 is 86.9 Å². The van der Waals surface area contributed by atoms with Crippen molar-refractivity contribution in [3.63, 3.8) is 0 Å². The van der Waals surface area contributed by atoms with E-state index in [9.17, 15) is 4.79 Å². The lowest BCUT2D eigenvalue weighted by atomic mass is 10.2. The molecule has 2 aromatic carbocycles. The van der Waals surface area contributed by atoms with Gasteiger partial charge in [-0.1, -0.05) is 64.1 Å². The number of halogens is 5. The van der Waals surface area contributed by atoms with Gasteiger partial charge in [0.05, 0.1) is 17.8 Å². The van der Waals surface area contributed by atoms with Gasteiger partial charge >= 0.3 is 0 Å². The van der Waals surface area contributed by atoms with Crippen LogP contribution in [0.25, 0.3) is 0 Å². The molecular weight excluding hydrogens is 488 g/mol. The molecule has 3 N–H and O–H groups in total. The monoisotopic (exact) mass is 499 g/mol. The molecule has 0 saturated carbocycles. The standard InChI is InChI=1S/C17H14Cl5N3O2S/c1-27-11-4-2-3-9(7-11)14(26)24-15(17(20,21)22)25-16(28)23-13-8-10(18)5-6-12(13)19/h2-8,15H,1H3,(H,24,26)(H2,23,25,28)/t15-/m1/s1. The predicted octanol–water partition coefficient (Wildman–Crippen LogP) is 5.41. The molecule has 0 unspecified atom stereocenters. The zero-order valence-electron chi connectivity index (χ0n) is 14.2. The third-order valence-corrected chi connectivity index (χ3v) is 4.83. The molecule has 11 heteroatoms. The fourth-order valence-electron chi connectivity index (χ4n) is 2.06. The summed E-state index contributed by atoms with van der Waals surface area (Å²) in [7, 11) is 1.49. The number of amides is 1. The van der Waals surface area contributed by atoms with E-state index in [2.05, 4.69) is 16.0 Å². The highest BCUT2D eigenvalue weighted by molar-refractivity contribution is 7.80. The van der Waals surface area contributed by atoms with Crippen molar-refractivity contribution in [2.24, 2.45) is 0 Å². The van der Waals surface area contributed by atoms with E-state index < -0.39 is 15.9 Å². The number of carbonyl (C=O) groups excluding carboxylic acids is 1. The Kier molecular flexibility index (Phi) is 8.30. The number of hydrogen-bond acceptors (Lipinski definition) is 3. The van der Waals surface area contributed by atoms with Crippen LogP contribution in [-0.4, -0.2) is 28.1 Å². The van der Waals surface area contributed by atoms with E-state index in [0.29, 0.717) is 27.0 Å². The van der Waals surface area contributed by atoms with Gasteiger partial charge in [0.1, 0.15) is 11.9 Å². The molecule has 1 amide bonds. The van der Waals surface area contributed by atoms with Crippen molar-refractivity contribution in [1.29, 1.82) is 0 Å². The Bertz CT molecular complexity index is 876. The zero-order chi connectivity index (χ0) is 20.9. The van der Waals surface area contributed by atoms with Crippen LogP contribution in [0.5, 0.6) is 5.75 Å². The van der Waals surface area contributed by atoms with Crippen LogP contribution in [0.15, 0.2) is 42.5 Å². The van der Waals surface area contributed by atoms with Gasteiger partial charge in [0, 0.05) is 10.6 Å². The van der Waals surface area contributed by atoms with Gasteiger partial charge in [-0.25, -0.2) is 0 Å². The van der Waals surface area contributed by atoms with Crippen molar-refractivity contribution in [1.82, 2.24) is 10.6 Å². The average Bonchev–Trinajstić information content (AvgIpc) is 2.63. The predicted molar refractivity (Wildman–Crippen MR) is 120 cm³/mol. The minimum absolute atomic E-state index is 0.0615. The van der Waals surface area contributed by atoms with Crippen molar-refractivity contribution in [3.8, 4) is 5.75 Å². The number of alkyl halides is 3. The molecule has 150 valence electrons. The molecule has 2 aromatic rings. The summed E-state index contributed by atoms with van der Waals surface area (Å²) < 4.78 is 3.20. The van der Waals surface area contributed by atoms with E-state index in [-0.39, 0.29) is 5.11 Å². The Hall–Kier alpha value is -1.15. The lowest BCUT2D eigenvalue weighted by molar-refractivity contribution is 0.0934. The molecule has 0 aromatic heterocycles. The van der Waals surface area contributed by atoms with Crippen molar-refractivity contribution in [2.75, 3.05) is 12.4 Å². The first-order valence-corrected chi connectivity index (χ1v) is 9.94. The van der Waals surface area contributed by atoms with Gasteiger partial charge in [-0.15, -0.1) is 0 Å². The highest BCUT2D eigenvalue weighted by Gasteiger charge is 2.35. The SMILES string of the molecule is COc1cccc(C(=O)N[C@H](NC(=S)Nc2cc(Cl)ccc2Cl)C(Cl)(Cl)Cl)c1. The first-order chi connectivity index (χ1) is 13.1. The molecule has 0 aliphatic carbocycles. The summed E-state index contributed by atoms with van der Waals surface area (Å²) in [6.07, 6.45) is -1.14. The van der Waals surface area contributed by atoms with E-state index in [0.717, 1.165) is 0 Å². The van der Waals surface area contributed by atoms with Crippen LogP contribution in [0.3, 0.4) is 0 Å². The minimum atomic E-state index is -1.90. The van der Waals surface area contributed by atoms with Crippen molar-refractivity contribution < 1.29 is 9.53 Å². The van der Waals surface area contributed by atoms with Gasteiger partial charge in [-0.2, -0.15) is 0 Å². The Morgan fingerprint density at radius 2 is 1.82 bits per heavy atom. The summed E-state index contributed by atoms with van der Waals surface area (Å²) in [5.74, 6) is 0.0186. The number of benzene rings is 2. The van der Waals surface area contributed by atoms with Crippen LogP contribution in [0.2, 0.25) is 10.0 Å². The second-order valence-corrected chi connectivity index (χ2v) is 9.02. The normalized spacial score (nSPS) is 12.1. The molecule has 0 bridgehead atoms. The van der Waals surface area contributed by atoms with Gasteiger partial charge in [-0.05, 0) is 48.6 Å². The molecule has 0 fully saturated rings. The lowest BCUT2D eigenvalue weighted by Crippen LogP contribution is -2.56. The molecule has 0 aliphatic heterocycles. The number of nitrogens with one attached hydrogen (secondary N) is 3. The van der Waals surface area contributed by atoms with Crippen LogP contribution in [0.1, 0.15) is 10.4 Å². The molecule has 0 saturated heterocycles. The molecule has 28 heavy (non-hydrogen) atoms. The maximum Gasteiger partial charge on any atom is 0.253 e. The molecule has 0 radical (unpaired) electrons. The number of anilines is 1. The Morgan fingerprint density at radius 1 is 1.11 bits per heavy atom.